The molecule has 0 unspecified atom stereocenters. The van der Waals surface area contributed by atoms with Gasteiger partial charge in [0.2, 0.25) is 0 Å². The molecule has 21 heavy (non-hydrogen) atoms. The summed E-state index contributed by atoms with van der Waals surface area (Å²) in [7, 11) is 1.62. The predicted molar refractivity (Wildman–Crippen MR) is 83.0 cm³/mol. The van der Waals surface area contributed by atoms with Crippen LogP contribution in [-0.4, -0.2) is 20.3 Å². The third-order valence-corrected chi connectivity index (χ3v) is 3.44. The number of hydrogen-bond acceptors (Lipinski definition) is 3. The summed E-state index contributed by atoms with van der Waals surface area (Å²) in [6, 6.07) is 11.8. The lowest BCUT2D eigenvalue weighted by Gasteiger charge is -2.11. The number of hydrogen-bond donors (Lipinski definition) is 0. The van der Waals surface area contributed by atoms with Gasteiger partial charge >= 0.3 is 0 Å². The summed E-state index contributed by atoms with van der Waals surface area (Å²) in [5.74, 6) is 1.92. The maximum atomic E-state index is 13.1. The lowest BCUT2D eigenvalue weighted by molar-refractivity contribution is 0.216. The summed E-state index contributed by atoms with van der Waals surface area (Å²) in [6.45, 7) is 0.795. The first-order valence-electron chi connectivity index (χ1n) is 6.47. The third kappa shape index (κ3) is 4.63. The molecule has 0 fully saturated rings. The smallest absolute Gasteiger partial charge is 0.123 e. The van der Waals surface area contributed by atoms with Crippen molar-refractivity contribution in [3.8, 4) is 17.2 Å². The number of rotatable bonds is 7. The van der Waals surface area contributed by atoms with E-state index in [0.29, 0.717) is 24.3 Å². The van der Waals surface area contributed by atoms with Crippen LogP contribution in [0.4, 0.5) is 4.39 Å². The Morgan fingerprint density at radius 1 is 0.952 bits per heavy atom. The van der Waals surface area contributed by atoms with Crippen LogP contribution in [0.15, 0.2) is 42.5 Å². The van der Waals surface area contributed by atoms with Gasteiger partial charge in [-0.3, -0.25) is 0 Å². The van der Waals surface area contributed by atoms with Gasteiger partial charge in [0.25, 0.3) is 0 Å². The quantitative estimate of drug-likeness (QED) is 0.551. The summed E-state index contributed by atoms with van der Waals surface area (Å²) in [4.78, 5) is 0. The summed E-state index contributed by atoms with van der Waals surface area (Å²) >= 11 is 3.31. The second-order valence-electron chi connectivity index (χ2n) is 4.26. The first-order chi connectivity index (χ1) is 10.2. The van der Waals surface area contributed by atoms with Crippen molar-refractivity contribution in [3.63, 3.8) is 0 Å². The number of ether oxygens (including phenoxy) is 3. The van der Waals surface area contributed by atoms with Crippen molar-refractivity contribution in [3.05, 3.63) is 53.8 Å². The van der Waals surface area contributed by atoms with E-state index >= 15 is 0 Å². The molecule has 112 valence electrons. The van der Waals surface area contributed by atoms with Gasteiger partial charge in [-0.05, 0) is 42.5 Å². The molecule has 0 amide bonds. The molecule has 0 heterocycles. The molecule has 0 aliphatic carbocycles. The minimum absolute atomic E-state index is 0.272. The van der Waals surface area contributed by atoms with E-state index in [2.05, 4.69) is 15.9 Å². The Hall–Kier alpha value is -1.75. The molecule has 0 spiro atoms. The molecule has 0 saturated heterocycles. The van der Waals surface area contributed by atoms with E-state index in [1.54, 1.807) is 13.2 Å². The van der Waals surface area contributed by atoms with Crippen LogP contribution in [-0.2, 0) is 5.33 Å². The fourth-order valence-electron chi connectivity index (χ4n) is 1.78. The van der Waals surface area contributed by atoms with Crippen molar-refractivity contribution >= 4 is 15.9 Å². The number of benzene rings is 2. The molecule has 5 heteroatoms. The van der Waals surface area contributed by atoms with Crippen LogP contribution in [0.25, 0.3) is 0 Å². The Balaban J connectivity index is 1.81. The average Bonchev–Trinajstić information content (AvgIpc) is 2.53. The van der Waals surface area contributed by atoms with Crippen LogP contribution < -0.4 is 14.2 Å². The highest BCUT2D eigenvalue weighted by molar-refractivity contribution is 9.08. The molecule has 0 atom stereocenters. The zero-order valence-corrected chi connectivity index (χ0v) is 13.2. The number of halogens is 2. The van der Waals surface area contributed by atoms with Crippen molar-refractivity contribution in [2.75, 3.05) is 20.3 Å². The van der Waals surface area contributed by atoms with Gasteiger partial charge in [-0.25, -0.2) is 4.39 Å². The highest BCUT2D eigenvalue weighted by Crippen LogP contribution is 2.22. The Morgan fingerprint density at radius 3 is 2.29 bits per heavy atom. The molecular formula is C16H16BrFO3. The summed E-state index contributed by atoms with van der Waals surface area (Å²) < 4.78 is 29.3. The Morgan fingerprint density at radius 2 is 1.62 bits per heavy atom. The summed E-state index contributed by atoms with van der Waals surface area (Å²) in [5, 5.41) is 0.541. The van der Waals surface area contributed by atoms with Crippen molar-refractivity contribution in [2.24, 2.45) is 0 Å². The minimum atomic E-state index is -0.272. The maximum absolute atomic E-state index is 13.1. The minimum Gasteiger partial charge on any atom is -0.497 e. The number of alkyl halides is 1. The van der Waals surface area contributed by atoms with E-state index in [9.17, 15) is 4.39 Å². The second-order valence-corrected chi connectivity index (χ2v) is 4.82. The topological polar surface area (TPSA) is 27.7 Å². The first-order valence-corrected chi connectivity index (χ1v) is 7.59. The molecule has 0 radical (unpaired) electrons. The molecule has 0 saturated carbocycles. The van der Waals surface area contributed by atoms with Gasteiger partial charge in [-0.15, -0.1) is 0 Å². The van der Waals surface area contributed by atoms with Gasteiger partial charge < -0.3 is 14.2 Å². The van der Waals surface area contributed by atoms with E-state index < -0.39 is 0 Å². The van der Waals surface area contributed by atoms with Crippen LogP contribution in [0.5, 0.6) is 17.2 Å². The maximum Gasteiger partial charge on any atom is 0.123 e. The lowest BCUT2D eigenvalue weighted by Crippen LogP contribution is -2.09. The molecule has 0 N–H and O–H groups in total. The molecule has 0 aliphatic heterocycles. The van der Waals surface area contributed by atoms with Crippen LogP contribution >= 0.6 is 15.9 Å². The van der Waals surface area contributed by atoms with Gasteiger partial charge in [-0.2, -0.15) is 0 Å². The highest BCUT2D eigenvalue weighted by Gasteiger charge is 2.04. The molecule has 0 bridgehead atoms. The van der Waals surface area contributed by atoms with Gasteiger partial charge in [0, 0.05) is 10.9 Å². The standard InChI is InChI=1S/C16H16BrFO3/c1-19-14-3-5-15(6-4-14)20-8-9-21-16-7-2-13(18)10-12(16)11-17/h2-7,10H,8-9,11H2,1H3. The molecule has 2 rings (SSSR count). The summed E-state index contributed by atoms with van der Waals surface area (Å²) in [5.41, 5.74) is 0.777. The van der Waals surface area contributed by atoms with Crippen molar-refractivity contribution in [1.82, 2.24) is 0 Å². The van der Waals surface area contributed by atoms with Crippen LogP contribution in [0.3, 0.4) is 0 Å². The third-order valence-electron chi connectivity index (χ3n) is 2.84. The monoisotopic (exact) mass is 354 g/mol. The van der Waals surface area contributed by atoms with Gasteiger partial charge in [-0.1, -0.05) is 15.9 Å². The average molecular weight is 355 g/mol. The SMILES string of the molecule is COc1ccc(OCCOc2ccc(F)cc2CBr)cc1. The van der Waals surface area contributed by atoms with Crippen LogP contribution in [0.2, 0.25) is 0 Å². The Bertz CT molecular complexity index is 572. The fraction of sp³-hybridized carbons (Fsp3) is 0.250. The number of methoxy groups -OCH3 is 1. The van der Waals surface area contributed by atoms with Crippen molar-refractivity contribution in [1.29, 1.82) is 0 Å². The molecule has 3 nitrogen and oxygen atoms in total. The predicted octanol–water partition coefficient (Wildman–Crippen LogP) is 4.19. The van der Waals surface area contributed by atoms with Crippen LogP contribution in [0, 0.1) is 5.82 Å². The second kappa shape index (κ2) is 7.88. The Kier molecular flexibility index (Phi) is 5.87. The highest BCUT2D eigenvalue weighted by atomic mass is 79.9. The van der Waals surface area contributed by atoms with Crippen molar-refractivity contribution < 1.29 is 18.6 Å². The van der Waals surface area contributed by atoms with E-state index in [-0.39, 0.29) is 5.82 Å². The van der Waals surface area contributed by atoms with Gasteiger partial charge in [0.1, 0.15) is 36.3 Å². The zero-order valence-electron chi connectivity index (χ0n) is 11.6. The molecule has 0 aromatic heterocycles. The van der Waals surface area contributed by atoms with Crippen molar-refractivity contribution in [2.45, 2.75) is 5.33 Å². The molecule has 0 aliphatic rings. The zero-order chi connectivity index (χ0) is 15.1. The van der Waals surface area contributed by atoms with E-state index in [0.717, 1.165) is 17.1 Å². The lowest BCUT2D eigenvalue weighted by atomic mass is 10.2. The van der Waals surface area contributed by atoms with Gasteiger partial charge in [0.15, 0.2) is 0 Å². The fourth-order valence-corrected chi connectivity index (χ4v) is 2.21. The molecule has 2 aromatic carbocycles. The Labute approximate surface area is 131 Å². The van der Waals surface area contributed by atoms with Gasteiger partial charge in [0.05, 0.1) is 7.11 Å². The largest absolute Gasteiger partial charge is 0.497 e. The van der Waals surface area contributed by atoms with E-state index in [1.165, 1.54) is 12.1 Å². The van der Waals surface area contributed by atoms with Crippen LogP contribution in [0.1, 0.15) is 5.56 Å². The normalized spacial score (nSPS) is 10.2. The van der Waals surface area contributed by atoms with E-state index in [4.69, 9.17) is 14.2 Å². The first kappa shape index (κ1) is 15.6. The van der Waals surface area contributed by atoms with E-state index in [1.807, 2.05) is 24.3 Å². The molecule has 2 aromatic rings. The summed E-state index contributed by atoms with van der Waals surface area (Å²) in [6.07, 6.45) is 0. The molecular weight excluding hydrogens is 339 g/mol.